The summed E-state index contributed by atoms with van der Waals surface area (Å²) in [5, 5.41) is 11.7. The summed E-state index contributed by atoms with van der Waals surface area (Å²) in [6, 6.07) is 4.50. The van der Waals surface area contributed by atoms with E-state index in [9.17, 15) is 9.59 Å². The Bertz CT molecular complexity index is 584. The lowest BCUT2D eigenvalue weighted by molar-refractivity contribution is -0.141. The van der Waals surface area contributed by atoms with E-state index < -0.39 is 12.0 Å². The van der Waals surface area contributed by atoms with Crippen molar-refractivity contribution in [3.05, 3.63) is 48.3 Å². The molecule has 110 valence electrons. The summed E-state index contributed by atoms with van der Waals surface area (Å²) in [6.07, 6.45) is 5.51. The van der Waals surface area contributed by atoms with Crippen molar-refractivity contribution in [3.8, 4) is 0 Å². The van der Waals surface area contributed by atoms with Crippen molar-refractivity contribution >= 4 is 11.9 Å². The number of rotatable bonds is 7. The van der Waals surface area contributed by atoms with Crippen LogP contribution >= 0.6 is 0 Å². The molecule has 0 radical (unpaired) electrons. The highest BCUT2D eigenvalue weighted by Crippen LogP contribution is 2.02. The molecule has 1 amide bonds. The fraction of sp³-hybridized carbons (Fsp3) is 0.286. The van der Waals surface area contributed by atoms with Crippen molar-refractivity contribution in [2.45, 2.75) is 25.3 Å². The molecule has 0 saturated carbocycles. The number of hydrogen-bond acceptors (Lipinski definition) is 4. The minimum atomic E-state index is -1.07. The van der Waals surface area contributed by atoms with Crippen molar-refractivity contribution in [1.29, 1.82) is 0 Å². The molecule has 2 heterocycles. The van der Waals surface area contributed by atoms with Crippen LogP contribution in [0.2, 0.25) is 0 Å². The van der Waals surface area contributed by atoms with Crippen molar-refractivity contribution in [3.63, 3.8) is 0 Å². The Balaban J connectivity index is 1.85. The van der Waals surface area contributed by atoms with Crippen LogP contribution in [-0.4, -0.2) is 38.0 Å². The third kappa shape index (κ3) is 4.72. The van der Waals surface area contributed by atoms with E-state index in [2.05, 4.69) is 20.3 Å². The normalized spacial score (nSPS) is 11.8. The van der Waals surface area contributed by atoms with Crippen LogP contribution in [0.4, 0.5) is 0 Å². The standard InChI is InChI=1S/C14H16N4O3/c19-13(5-4-10-3-1-2-6-16-10)18-12(14(20)21)7-11-8-15-9-17-11/h1-3,6,8-9,12H,4-5,7H2,(H,15,17)(H,18,19)(H,20,21)/t12-/m1/s1. The van der Waals surface area contributed by atoms with E-state index in [1.807, 2.05) is 12.1 Å². The number of nitrogens with one attached hydrogen (secondary N) is 2. The SMILES string of the molecule is O=C(CCc1ccccn1)N[C@H](Cc1cnc[nH]1)C(=O)O. The van der Waals surface area contributed by atoms with Gasteiger partial charge in [0.2, 0.25) is 5.91 Å². The van der Waals surface area contributed by atoms with Crippen LogP contribution in [0.1, 0.15) is 17.8 Å². The second kappa shape index (κ2) is 7.18. The summed E-state index contributed by atoms with van der Waals surface area (Å²) in [5.41, 5.74) is 1.46. The van der Waals surface area contributed by atoms with Crippen molar-refractivity contribution in [2.24, 2.45) is 0 Å². The van der Waals surface area contributed by atoms with Crippen molar-refractivity contribution in [1.82, 2.24) is 20.3 Å². The van der Waals surface area contributed by atoms with E-state index in [4.69, 9.17) is 5.11 Å². The van der Waals surface area contributed by atoms with E-state index >= 15 is 0 Å². The van der Waals surface area contributed by atoms with Crippen molar-refractivity contribution in [2.75, 3.05) is 0 Å². The molecule has 0 saturated heterocycles. The molecule has 0 spiro atoms. The fourth-order valence-corrected chi connectivity index (χ4v) is 1.87. The highest BCUT2D eigenvalue weighted by molar-refractivity contribution is 5.83. The van der Waals surface area contributed by atoms with Crippen LogP contribution in [0.15, 0.2) is 36.9 Å². The Labute approximate surface area is 121 Å². The smallest absolute Gasteiger partial charge is 0.326 e. The van der Waals surface area contributed by atoms with Crippen molar-refractivity contribution < 1.29 is 14.7 Å². The van der Waals surface area contributed by atoms with Gasteiger partial charge in [0.25, 0.3) is 0 Å². The first-order valence-corrected chi connectivity index (χ1v) is 6.54. The first-order valence-electron chi connectivity index (χ1n) is 6.54. The van der Waals surface area contributed by atoms with E-state index in [0.29, 0.717) is 12.1 Å². The molecule has 2 rings (SSSR count). The second-order valence-electron chi connectivity index (χ2n) is 4.56. The number of imidazole rings is 1. The Morgan fingerprint density at radius 2 is 2.24 bits per heavy atom. The zero-order valence-corrected chi connectivity index (χ0v) is 11.3. The van der Waals surface area contributed by atoms with Crippen LogP contribution in [0, 0.1) is 0 Å². The molecule has 0 bridgehead atoms. The number of carbonyl (C=O) groups excluding carboxylic acids is 1. The lowest BCUT2D eigenvalue weighted by atomic mass is 10.1. The Kier molecular flexibility index (Phi) is 5.03. The second-order valence-corrected chi connectivity index (χ2v) is 4.56. The summed E-state index contributed by atoms with van der Waals surface area (Å²) in [6.45, 7) is 0. The summed E-state index contributed by atoms with van der Waals surface area (Å²) in [5.74, 6) is -1.39. The monoisotopic (exact) mass is 288 g/mol. The van der Waals surface area contributed by atoms with Gasteiger partial charge in [0.15, 0.2) is 0 Å². The highest BCUT2D eigenvalue weighted by atomic mass is 16.4. The minimum absolute atomic E-state index is 0.171. The quantitative estimate of drug-likeness (QED) is 0.689. The molecule has 7 heteroatoms. The number of aromatic nitrogens is 3. The Morgan fingerprint density at radius 1 is 1.38 bits per heavy atom. The predicted molar refractivity (Wildman–Crippen MR) is 74.4 cm³/mol. The number of pyridine rings is 1. The number of aromatic amines is 1. The predicted octanol–water partition coefficient (Wildman–Crippen LogP) is 0.549. The van der Waals surface area contributed by atoms with Crippen LogP contribution in [0.3, 0.4) is 0 Å². The number of nitrogens with zero attached hydrogens (tertiary/aromatic N) is 2. The summed E-state index contributed by atoms with van der Waals surface area (Å²) in [4.78, 5) is 33.8. The number of hydrogen-bond donors (Lipinski definition) is 3. The molecule has 0 aliphatic rings. The molecule has 0 fully saturated rings. The molecule has 21 heavy (non-hydrogen) atoms. The molecule has 0 aromatic carbocycles. The average Bonchev–Trinajstić information content (AvgIpc) is 2.98. The first kappa shape index (κ1) is 14.7. The first-order chi connectivity index (χ1) is 10.1. The van der Waals surface area contributed by atoms with Gasteiger partial charge in [-0.1, -0.05) is 6.07 Å². The van der Waals surface area contributed by atoms with Crippen LogP contribution in [0.5, 0.6) is 0 Å². The zero-order valence-electron chi connectivity index (χ0n) is 11.3. The topological polar surface area (TPSA) is 108 Å². The van der Waals surface area contributed by atoms with Gasteiger partial charge in [0.1, 0.15) is 6.04 Å². The maximum absolute atomic E-state index is 11.8. The number of aliphatic carboxylic acids is 1. The molecule has 0 unspecified atom stereocenters. The summed E-state index contributed by atoms with van der Waals surface area (Å²) >= 11 is 0. The summed E-state index contributed by atoms with van der Waals surface area (Å²) < 4.78 is 0. The molecule has 3 N–H and O–H groups in total. The van der Waals surface area contributed by atoms with Crippen LogP contribution in [0.25, 0.3) is 0 Å². The van der Waals surface area contributed by atoms with Gasteiger partial charge in [-0.2, -0.15) is 0 Å². The number of carboxylic acids is 1. The largest absolute Gasteiger partial charge is 0.480 e. The molecular formula is C14H16N4O3. The van der Waals surface area contributed by atoms with Gasteiger partial charge < -0.3 is 15.4 Å². The lowest BCUT2D eigenvalue weighted by Crippen LogP contribution is -2.42. The molecular weight excluding hydrogens is 272 g/mol. The summed E-state index contributed by atoms with van der Waals surface area (Å²) in [7, 11) is 0. The Hall–Kier alpha value is -2.70. The third-order valence-electron chi connectivity index (χ3n) is 2.95. The van der Waals surface area contributed by atoms with Gasteiger partial charge >= 0.3 is 5.97 Å². The Morgan fingerprint density at radius 3 is 2.86 bits per heavy atom. The fourth-order valence-electron chi connectivity index (χ4n) is 1.87. The van der Waals surface area contributed by atoms with E-state index in [0.717, 1.165) is 5.69 Å². The van der Waals surface area contributed by atoms with Crippen LogP contribution in [-0.2, 0) is 22.4 Å². The van der Waals surface area contributed by atoms with E-state index in [-0.39, 0.29) is 18.7 Å². The van der Waals surface area contributed by atoms with Gasteiger partial charge in [0.05, 0.1) is 6.33 Å². The molecule has 1 atom stereocenters. The lowest BCUT2D eigenvalue weighted by Gasteiger charge is -2.13. The van der Waals surface area contributed by atoms with Gasteiger partial charge in [-0.15, -0.1) is 0 Å². The molecule has 0 aliphatic carbocycles. The maximum Gasteiger partial charge on any atom is 0.326 e. The molecule has 2 aromatic rings. The number of carboxylic acid groups (broad SMARTS) is 1. The van der Waals surface area contributed by atoms with E-state index in [1.165, 1.54) is 12.5 Å². The minimum Gasteiger partial charge on any atom is -0.480 e. The number of carbonyl (C=O) groups is 2. The third-order valence-corrected chi connectivity index (χ3v) is 2.95. The molecule has 0 aliphatic heterocycles. The van der Waals surface area contributed by atoms with Gasteiger partial charge in [0, 0.05) is 36.6 Å². The zero-order chi connectivity index (χ0) is 15.1. The van der Waals surface area contributed by atoms with Gasteiger partial charge in [-0.3, -0.25) is 9.78 Å². The average molecular weight is 288 g/mol. The van der Waals surface area contributed by atoms with Crippen LogP contribution < -0.4 is 5.32 Å². The number of aryl methyl sites for hydroxylation is 1. The van der Waals surface area contributed by atoms with Gasteiger partial charge in [-0.25, -0.2) is 9.78 Å². The molecule has 7 nitrogen and oxygen atoms in total. The molecule has 2 aromatic heterocycles. The highest BCUT2D eigenvalue weighted by Gasteiger charge is 2.20. The maximum atomic E-state index is 11.8. The number of amides is 1. The van der Waals surface area contributed by atoms with Gasteiger partial charge in [-0.05, 0) is 18.6 Å². The number of H-pyrrole nitrogens is 1. The van der Waals surface area contributed by atoms with E-state index in [1.54, 1.807) is 12.3 Å².